The lowest BCUT2D eigenvalue weighted by atomic mass is 10.2. The lowest BCUT2D eigenvalue weighted by Crippen LogP contribution is -2.32. The predicted octanol–water partition coefficient (Wildman–Crippen LogP) is 1.58. The summed E-state index contributed by atoms with van der Waals surface area (Å²) in [5.41, 5.74) is -0.222. The fourth-order valence-corrected chi connectivity index (χ4v) is 3.15. The normalized spacial score (nSPS) is 11.4. The number of sulfonamides is 1. The first-order chi connectivity index (χ1) is 8.45. The number of carboxylic acid groups (broad SMARTS) is 1. The molecule has 0 atom stereocenters. The number of benzene rings is 1. The highest BCUT2D eigenvalue weighted by Gasteiger charge is 2.26. The fourth-order valence-electron chi connectivity index (χ4n) is 1.55. The summed E-state index contributed by atoms with van der Waals surface area (Å²) in [4.78, 5) is 10.8. The largest absolute Gasteiger partial charge is 0.478 e. The third-order valence-corrected chi connectivity index (χ3v) is 4.42. The van der Waals surface area contributed by atoms with Crippen molar-refractivity contribution in [1.82, 2.24) is 4.31 Å². The summed E-state index contributed by atoms with van der Waals surface area (Å²) in [6.07, 6.45) is 1.46. The standard InChI is InChI=1S/C12H15NO4S/c1-3-9-13(4-2)18(16,17)11-8-6-5-7-10(11)12(14)15/h3,5-8H,1,4,9H2,2H3,(H,14,15). The molecule has 98 valence electrons. The molecule has 1 N–H and O–H groups in total. The molecule has 6 heteroatoms. The van der Waals surface area contributed by atoms with E-state index in [2.05, 4.69) is 6.58 Å². The van der Waals surface area contributed by atoms with E-state index in [1.807, 2.05) is 0 Å². The van der Waals surface area contributed by atoms with Crippen LogP contribution in [0.2, 0.25) is 0 Å². The van der Waals surface area contributed by atoms with E-state index in [-0.39, 0.29) is 23.5 Å². The number of likely N-dealkylation sites (N-methyl/N-ethyl adjacent to an activating group) is 1. The van der Waals surface area contributed by atoms with E-state index in [1.165, 1.54) is 34.6 Å². The minimum Gasteiger partial charge on any atom is -0.478 e. The molecule has 0 bridgehead atoms. The van der Waals surface area contributed by atoms with Gasteiger partial charge in [-0.15, -0.1) is 6.58 Å². The average molecular weight is 269 g/mol. The number of carbonyl (C=O) groups is 1. The Morgan fingerprint density at radius 1 is 1.44 bits per heavy atom. The summed E-state index contributed by atoms with van der Waals surface area (Å²) in [7, 11) is -3.81. The van der Waals surface area contributed by atoms with Crippen LogP contribution in [0.25, 0.3) is 0 Å². The van der Waals surface area contributed by atoms with Crippen LogP contribution in [0.4, 0.5) is 0 Å². The van der Waals surface area contributed by atoms with Crippen molar-refractivity contribution in [2.75, 3.05) is 13.1 Å². The van der Waals surface area contributed by atoms with Crippen LogP contribution in [0.3, 0.4) is 0 Å². The van der Waals surface area contributed by atoms with Crippen molar-refractivity contribution in [3.8, 4) is 0 Å². The monoisotopic (exact) mass is 269 g/mol. The smallest absolute Gasteiger partial charge is 0.337 e. The zero-order valence-electron chi connectivity index (χ0n) is 10.0. The van der Waals surface area contributed by atoms with Crippen LogP contribution in [-0.2, 0) is 10.0 Å². The first-order valence-electron chi connectivity index (χ1n) is 5.38. The van der Waals surface area contributed by atoms with Gasteiger partial charge in [0.2, 0.25) is 10.0 Å². The molecule has 0 aliphatic carbocycles. The molecule has 0 aliphatic heterocycles. The molecule has 18 heavy (non-hydrogen) atoms. The van der Waals surface area contributed by atoms with Crippen molar-refractivity contribution < 1.29 is 18.3 Å². The van der Waals surface area contributed by atoms with Crippen LogP contribution < -0.4 is 0 Å². The Hall–Kier alpha value is -1.66. The SMILES string of the molecule is C=CCN(CC)S(=O)(=O)c1ccccc1C(=O)O. The molecule has 0 heterocycles. The van der Waals surface area contributed by atoms with Gasteiger partial charge >= 0.3 is 5.97 Å². The molecule has 0 aliphatic rings. The summed E-state index contributed by atoms with van der Waals surface area (Å²) in [6.45, 7) is 5.57. The second kappa shape index (κ2) is 5.79. The van der Waals surface area contributed by atoms with Crippen molar-refractivity contribution in [3.63, 3.8) is 0 Å². The van der Waals surface area contributed by atoms with E-state index in [0.29, 0.717) is 0 Å². The molecule has 0 fully saturated rings. The van der Waals surface area contributed by atoms with Gasteiger partial charge in [0.05, 0.1) is 10.5 Å². The Labute approximate surface area is 106 Å². The summed E-state index contributed by atoms with van der Waals surface area (Å²) >= 11 is 0. The molecule has 0 saturated heterocycles. The van der Waals surface area contributed by atoms with Gasteiger partial charge in [0.1, 0.15) is 0 Å². The number of rotatable bonds is 6. The summed E-state index contributed by atoms with van der Waals surface area (Å²) < 4.78 is 25.8. The molecule has 0 spiro atoms. The fraction of sp³-hybridized carbons (Fsp3) is 0.250. The van der Waals surface area contributed by atoms with Gasteiger partial charge in [-0.25, -0.2) is 13.2 Å². The van der Waals surface area contributed by atoms with Gasteiger partial charge in [-0.1, -0.05) is 25.1 Å². The first kappa shape index (κ1) is 14.4. The highest BCUT2D eigenvalue weighted by molar-refractivity contribution is 7.89. The molecule has 0 aromatic heterocycles. The van der Waals surface area contributed by atoms with Crippen LogP contribution in [-0.4, -0.2) is 36.9 Å². The van der Waals surface area contributed by atoms with Gasteiger partial charge in [-0.3, -0.25) is 0 Å². The van der Waals surface area contributed by atoms with E-state index in [9.17, 15) is 13.2 Å². The Morgan fingerprint density at radius 2 is 2.06 bits per heavy atom. The van der Waals surface area contributed by atoms with E-state index >= 15 is 0 Å². The Bertz CT molecular complexity index is 551. The Kier molecular flexibility index (Phi) is 4.63. The topological polar surface area (TPSA) is 74.7 Å². The number of carboxylic acids is 1. The van der Waals surface area contributed by atoms with Gasteiger partial charge in [-0.2, -0.15) is 4.31 Å². The van der Waals surface area contributed by atoms with E-state index in [1.54, 1.807) is 6.92 Å². The maximum Gasteiger partial charge on any atom is 0.337 e. The van der Waals surface area contributed by atoms with Crippen molar-refractivity contribution in [1.29, 1.82) is 0 Å². The van der Waals surface area contributed by atoms with Crippen LogP contribution in [0.1, 0.15) is 17.3 Å². The molecule has 0 amide bonds. The quantitative estimate of drug-likeness (QED) is 0.796. The van der Waals surface area contributed by atoms with Crippen LogP contribution >= 0.6 is 0 Å². The summed E-state index contributed by atoms with van der Waals surface area (Å²) in [5.74, 6) is -1.26. The van der Waals surface area contributed by atoms with E-state index < -0.39 is 16.0 Å². The van der Waals surface area contributed by atoms with E-state index in [0.717, 1.165) is 0 Å². The van der Waals surface area contributed by atoms with Crippen molar-refractivity contribution in [2.24, 2.45) is 0 Å². The molecule has 0 saturated carbocycles. The number of hydrogen-bond donors (Lipinski definition) is 1. The third-order valence-electron chi connectivity index (χ3n) is 2.42. The van der Waals surface area contributed by atoms with Gasteiger partial charge < -0.3 is 5.11 Å². The first-order valence-corrected chi connectivity index (χ1v) is 6.82. The number of aromatic carboxylic acids is 1. The van der Waals surface area contributed by atoms with Crippen molar-refractivity contribution in [3.05, 3.63) is 42.5 Å². The second-order valence-electron chi connectivity index (χ2n) is 3.55. The van der Waals surface area contributed by atoms with Crippen LogP contribution in [0.15, 0.2) is 41.8 Å². The van der Waals surface area contributed by atoms with Crippen LogP contribution in [0, 0.1) is 0 Å². The molecule has 0 unspecified atom stereocenters. The third kappa shape index (κ3) is 2.77. The summed E-state index contributed by atoms with van der Waals surface area (Å²) in [5, 5.41) is 9.01. The van der Waals surface area contributed by atoms with Crippen LogP contribution in [0.5, 0.6) is 0 Å². The molecule has 0 radical (unpaired) electrons. The number of hydrogen-bond acceptors (Lipinski definition) is 3. The Balaban J connectivity index is 3.36. The lowest BCUT2D eigenvalue weighted by molar-refractivity contribution is 0.0692. The Morgan fingerprint density at radius 3 is 2.56 bits per heavy atom. The zero-order chi connectivity index (χ0) is 13.8. The van der Waals surface area contributed by atoms with Gasteiger partial charge in [-0.05, 0) is 12.1 Å². The van der Waals surface area contributed by atoms with E-state index in [4.69, 9.17) is 5.11 Å². The highest BCUT2D eigenvalue weighted by Crippen LogP contribution is 2.20. The number of nitrogens with zero attached hydrogens (tertiary/aromatic N) is 1. The minimum absolute atomic E-state index is 0.146. The highest BCUT2D eigenvalue weighted by atomic mass is 32.2. The molecule has 1 rings (SSSR count). The second-order valence-corrected chi connectivity index (χ2v) is 5.45. The van der Waals surface area contributed by atoms with Gasteiger partial charge in [0.15, 0.2) is 0 Å². The lowest BCUT2D eigenvalue weighted by Gasteiger charge is -2.19. The zero-order valence-corrected chi connectivity index (χ0v) is 10.9. The minimum atomic E-state index is -3.81. The molecule has 5 nitrogen and oxygen atoms in total. The molecular formula is C12H15NO4S. The van der Waals surface area contributed by atoms with Gasteiger partial charge in [0, 0.05) is 13.1 Å². The maximum absolute atomic E-state index is 12.3. The maximum atomic E-state index is 12.3. The average Bonchev–Trinajstić information content (AvgIpc) is 2.35. The van der Waals surface area contributed by atoms with Crippen molar-refractivity contribution in [2.45, 2.75) is 11.8 Å². The molecular weight excluding hydrogens is 254 g/mol. The molecule has 1 aromatic rings. The summed E-state index contributed by atoms with van der Waals surface area (Å²) in [6, 6.07) is 5.56. The van der Waals surface area contributed by atoms with Gasteiger partial charge in [0.25, 0.3) is 0 Å². The van der Waals surface area contributed by atoms with Crippen molar-refractivity contribution >= 4 is 16.0 Å². The predicted molar refractivity (Wildman–Crippen MR) is 68.0 cm³/mol. The molecule has 1 aromatic carbocycles.